The molecule has 1 atom stereocenters. The maximum atomic E-state index is 3.56. The van der Waals surface area contributed by atoms with Gasteiger partial charge in [-0.15, -0.1) is 0 Å². The number of aryl methyl sites for hydroxylation is 3. The summed E-state index contributed by atoms with van der Waals surface area (Å²) in [4.78, 5) is 0.620. The molecule has 13 heavy (non-hydrogen) atoms. The molecule has 0 radical (unpaired) electrons. The van der Waals surface area contributed by atoms with Gasteiger partial charge < -0.3 is 0 Å². The molecule has 1 aromatic carbocycles. The third-order valence-corrected chi connectivity index (χ3v) is 2.86. The number of halogens is 1. The molecule has 0 spiro atoms. The normalized spacial score (nSPS) is 12.9. The zero-order valence-electron chi connectivity index (χ0n) is 8.60. The van der Waals surface area contributed by atoms with Crippen LogP contribution in [0.2, 0.25) is 0 Å². The molecule has 0 amide bonds. The van der Waals surface area contributed by atoms with Crippen LogP contribution in [-0.2, 0) is 6.42 Å². The van der Waals surface area contributed by atoms with Crippen molar-refractivity contribution in [1.29, 1.82) is 0 Å². The minimum Gasteiger partial charge on any atom is -0.0894 e. The van der Waals surface area contributed by atoms with Gasteiger partial charge in [0.15, 0.2) is 0 Å². The molecule has 0 heterocycles. The first kappa shape index (κ1) is 10.8. The molecule has 0 nitrogen and oxygen atoms in total. The monoisotopic (exact) mass is 240 g/mol. The molecule has 0 saturated carbocycles. The van der Waals surface area contributed by atoms with Crippen molar-refractivity contribution in [2.75, 3.05) is 0 Å². The van der Waals surface area contributed by atoms with Gasteiger partial charge in [0, 0.05) is 4.83 Å². The smallest absolute Gasteiger partial charge is 0.0120 e. The lowest BCUT2D eigenvalue weighted by Gasteiger charge is -2.06. The van der Waals surface area contributed by atoms with Gasteiger partial charge in [0.2, 0.25) is 0 Å². The lowest BCUT2D eigenvalue weighted by atomic mass is 10.0. The zero-order valence-corrected chi connectivity index (χ0v) is 10.2. The van der Waals surface area contributed by atoms with Gasteiger partial charge in [0.25, 0.3) is 0 Å². The van der Waals surface area contributed by atoms with Gasteiger partial charge in [0.05, 0.1) is 0 Å². The first-order valence-electron chi connectivity index (χ1n) is 4.80. The molecule has 0 bridgehead atoms. The summed E-state index contributed by atoms with van der Waals surface area (Å²) in [6, 6.07) is 6.74. The molecular formula is C12H17Br. The first-order chi connectivity index (χ1) is 6.09. The Morgan fingerprint density at radius 3 is 2.46 bits per heavy atom. The van der Waals surface area contributed by atoms with Gasteiger partial charge in [-0.3, -0.25) is 0 Å². The second kappa shape index (κ2) is 4.80. The molecular weight excluding hydrogens is 224 g/mol. The molecule has 0 aliphatic carbocycles. The predicted molar refractivity (Wildman–Crippen MR) is 62.6 cm³/mol. The van der Waals surface area contributed by atoms with Crippen molar-refractivity contribution >= 4 is 15.9 Å². The zero-order chi connectivity index (χ0) is 9.84. The Morgan fingerprint density at radius 1 is 1.23 bits per heavy atom. The molecule has 1 rings (SSSR count). The van der Waals surface area contributed by atoms with Crippen molar-refractivity contribution in [2.45, 2.75) is 38.4 Å². The Labute approximate surface area is 89.5 Å². The summed E-state index contributed by atoms with van der Waals surface area (Å²) in [5.74, 6) is 0. The second-order valence-corrected chi connectivity index (χ2v) is 5.30. The molecule has 0 saturated heterocycles. The fraction of sp³-hybridized carbons (Fsp3) is 0.500. The Balaban J connectivity index is 2.63. The van der Waals surface area contributed by atoms with Crippen LogP contribution in [0.1, 0.15) is 30.0 Å². The van der Waals surface area contributed by atoms with Crippen LogP contribution in [0.3, 0.4) is 0 Å². The van der Waals surface area contributed by atoms with Gasteiger partial charge in [-0.05, 0) is 43.4 Å². The van der Waals surface area contributed by atoms with Gasteiger partial charge in [-0.1, -0.05) is 41.1 Å². The molecule has 0 aliphatic rings. The van der Waals surface area contributed by atoms with Gasteiger partial charge in [0.1, 0.15) is 0 Å². The van der Waals surface area contributed by atoms with Crippen LogP contribution in [0.25, 0.3) is 0 Å². The summed E-state index contributed by atoms with van der Waals surface area (Å²) < 4.78 is 0. The van der Waals surface area contributed by atoms with E-state index in [0.717, 1.165) is 0 Å². The quantitative estimate of drug-likeness (QED) is 0.701. The van der Waals surface area contributed by atoms with Crippen molar-refractivity contribution in [3.63, 3.8) is 0 Å². The van der Waals surface area contributed by atoms with E-state index in [1.807, 2.05) is 0 Å². The third kappa shape index (κ3) is 3.51. The van der Waals surface area contributed by atoms with Gasteiger partial charge >= 0.3 is 0 Å². The second-order valence-electron chi connectivity index (χ2n) is 3.74. The largest absolute Gasteiger partial charge is 0.0894 e. The Kier molecular flexibility index (Phi) is 3.98. The highest BCUT2D eigenvalue weighted by molar-refractivity contribution is 9.09. The third-order valence-electron chi connectivity index (χ3n) is 2.40. The van der Waals surface area contributed by atoms with E-state index in [4.69, 9.17) is 0 Å². The summed E-state index contributed by atoms with van der Waals surface area (Å²) in [5, 5.41) is 0. The highest BCUT2D eigenvalue weighted by Gasteiger charge is 1.99. The number of benzene rings is 1. The van der Waals surface area contributed by atoms with Crippen LogP contribution in [0.5, 0.6) is 0 Å². The van der Waals surface area contributed by atoms with Crippen molar-refractivity contribution in [3.05, 3.63) is 34.9 Å². The van der Waals surface area contributed by atoms with E-state index < -0.39 is 0 Å². The van der Waals surface area contributed by atoms with E-state index in [-0.39, 0.29) is 0 Å². The molecule has 72 valence electrons. The lowest BCUT2D eigenvalue weighted by Crippen LogP contribution is -1.94. The summed E-state index contributed by atoms with van der Waals surface area (Å²) in [5.41, 5.74) is 4.24. The highest BCUT2D eigenvalue weighted by Crippen LogP contribution is 2.14. The lowest BCUT2D eigenvalue weighted by molar-refractivity contribution is 0.821. The van der Waals surface area contributed by atoms with Crippen molar-refractivity contribution in [1.82, 2.24) is 0 Å². The van der Waals surface area contributed by atoms with Crippen LogP contribution in [-0.4, -0.2) is 4.83 Å². The summed E-state index contributed by atoms with van der Waals surface area (Å²) in [6.07, 6.45) is 2.38. The highest BCUT2D eigenvalue weighted by atomic mass is 79.9. The Bertz CT molecular complexity index is 276. The van der Waals surface area contributed by atoms with E-state index in [1.165, 1.54) is 29.5 Å². The molecule has 1 heteroatoms. The average Bonchev–Trinajstić information content (AvgIpc) is 2.07. The molecule has 0 fully saturated rings. The minimum atomic E-state index is 0.620. The van der Waals surface area contributed by atoms with E-state index in [0.29, 0.717) is 4.83 Å². The predicted octanol–water partition coefficient (Wildman–Crippen LogP) is 4.02. The van der Waals surface area contributed by atoms with Crippen LogP contribution >= 0.6 is 15.9 Å². The minimum absolute atomic E-state index is 0.620. The van der Waals surface area contributed by atoms with Crippen LogP contribution in [0.4, 0.5) is 0 Å². The van der Waals surface area contributed by atoms with Crippen LogP contribution in [0.15, 0.2) is 18.2 Å². The number of hydrogen-bond donors (Lipinski definition) is 0. The van der Waals surface area contributed by atoms with Crippen LogP contribution in [0, 0.1) is 13.8 Å². The molecule has 1 aromatic rings. The van der Waals surface area contributed by atoms with E-state index >= 15 is 0 Å². The maximum Gasteiger partial charge on any atom is 0.0120 e. The summed E-state index contributed by atoms with van der Waals surface area (Å²) >= 11 is 3.56. The summed E-state index contributed by atoms with van der Waals surface area (Å²) in [6.45, 7) is 6.53. The fourth-order valence-corrected chi connectivity index (χ4v) is 1.55. The molecule has 0 N–H and O–H groups in total. The SMILES string of the molecule is Cc1ccc(CCC(C)Br)cc1C. The van der Waals surface area contributed by atoms with Crippen molar-refractivity contribution in [3.8, 4) is 0 Å². The topological polar surface area (TPSA) is 0 Å². The van der Waals surface area contributed by atoms with E-state index in [1.54, 1.807) is 0 Å². The number of alkyl halides is 1. The molecule has 0 aliphatic heterocycles. The number of rotatable bonds is 3. The van der Waals surface area contributed by atoms with Crippen molar-refractivity contribution < 1.29 is 0 Å². The maximum absolute atomic E-state index is 3.56. The van der Waals surface area contributed by atoms with Gasteiger partial charge in [-0.25, -0.2) is 0 Å². The Morgan fingerprint density at radius 2 is 1.92 bits per heavy atom. The molecule has 1 unspecified atom stereocenters. The Hall–Kier alpha value is -0.300. The van der Waals surface area contributed by atoms with E-state index in [9.17, 15) is 0 Å². The standard InChI is InChI=1S/C12H17Br/c1-9-4-6-12(8-10(9)2)7-5-11(3)13/h4,6,8,11H,5,7H2,1-3H3. The van der Waals surface area contributed by atoms with Gasteiger partial charge in [-0.2, -0.15) is 0 Å². The average molecular weight is 241 g/mol. The first-order valence-corrected chi connectivity index (χ1v) is 5.71. The fourth-order valence-electron chi connectivity index (χ4n) is 1.32. The molecule has 0 aromatic heterocycles. The van der Waals surface area contributed by atoms with E-state index in [2.05, 4.69) is 54.9 Å². The summed E-state index contributed by atoms with van der Waals surface area (Å²) in [7, 11) is 0. The number of hydrogen-bond acceptors (Lipinski definition) is 0. The van der Waals surface area contributed by atoms with Crippen LogP contribution < -0.4 is 0 Å². The van der Waals surface area contributed by atoms with Crippen molar-refractivity contribution in [2.24, 2.45) is 0 Å².